The maximum absolute atomic E-state index is 12.3. The summed E-state index contributed by atoms with van der Waals surface area (Å²) in [5.41, 5.74) is 2.36. The van der Waals surface area contributed by atoms with Crippen molar-refractivity contribution in [3.8, 4) is 10.6 Å². The zero-order valence-electron chi connectivity index (χ0n) is 11.5. The summed E-state index contributed by atoms with van der Waals surface area (Å²) >= 11 is 8.40. The van der Waals surface area contributed by atoms with Gasteiger partial charge in [-0.3, -0.25) is 4.79 Å². The van der Waals surface area contributed by atoms with Crippen molar-refractivity contribution in [1.82, 2.24) is 9.55 Å². The number of hydrogen-bond donors (Lipinski definition) is 1. The van der Waals surface area contributed by atoms with Crippen LogP contribution in [0.1, 0.15) is 10.5 Å². The fourth-order valence-corrected chi connectivity index (χ4v) is 3.45. The number of carbonyl (C=O) groups excluding carboxylic acids is 1. The molecule has 0 fully saturated rings. The van der Waals surface area contributed by atoms with Crippen LogP contribution in [-0.2, 0) is 7.05 Å². The third-order valence-corrected chi connectivity index (χ3v) is 6.09. The summed E-state index contributed by atoms with van der Waals surface area (Å²) in [6.07, 6.45) is 1.78. The molecule has 0 aliphatic rings. The largest absolute Gasteiger partial charge is 0.333 e. The number of amides is 1. The van der Waals surface area contributed by atoms with Gasteiger partial charge in [0.05, 0.1) is 9.08 Å². The third kappa shape index (κ3) is 3.02. The Labute approximate surface area is 148 Å². The predicted molar refractivity (Wildman–Crippen MR) is 96.3 cm³/mol. The molecule has 4 nitrogen and oxygen atoms in total. The molecular weight excluding hydrogens is 430 g/mol. The quantitative estimate of drug-likeness (QED) is 0.627. The Hall–Kier alpha value is -1.44. The van der Waals surface area contributed by atoms with Crippen LogP contribution in [0.3, 0.4) is 0 Å². The first-order chi connectivity index (χ1) is 10.6. The molecule has 112 valence electrons. The summed E-state index contributed by atoms with van der Waals surface area (Å²) in [7, 11) is 1.83. The van der Waals surface area contributed by atoms with Crippen LogP contribution in [0, 0.1) is 0 Å². The lowest BCUT2D eigenvalue weighted by Gasteiger charge is -2.07. The van der Waals surface area contributed by atoms with E-state index in [0.717, 1.165) is 25.3 Å². The van der Waals surface area contributed by atoms with Gasteiger partial charge in [0.1, 0.15) is 10.7 Å². The molecule has 22 heavy (non-hydrogen) atoms. The minimum Gasteiger partial charge on any atom is -0.333 e. The Morgan fingerprint density at radius 1 is 1.27 bits per heavy atom. The lowest BCUT2D eigenvalue weighted by molar-refractivity contribution is 0.101. The molecule has 0 radical (unpaired) electrons. The van der Waals surface area contributed by atoms with Crippen LogP contribution in [0.4, 0.5) is 5.69 Å². The molecule has 2 aromatic heterocycles. The molecule has 0 bridgehead atoms. The van der Waals surface area contributed by atoms with Gasteiger partial charge in [-0.25, -0.2) is 4.98 Å². The third-order valence-electron chi connectivity index (χ3n) is 3.17. The highest BCUT2D eigenvalue weighted by Gasteiger charge is 2.15. The standard InChI is InChI=1S/C15H11Br2N3OS/c1-20-12(8-11(16)13(20)17)14(21)19-10-4-2-9(3-5-10)15-18-6-7-22-15/h2-8H,1H3,(H,19,21). The number of aromatic nitrogens is 2. The first kappa shape index (κ1) is 15.5. The number of carbonyl (C=O) groups is 1. The second kappa shape index (κ2) is 6.36. The lowest BCUT2D eigenvalue weighted by Crippen LogP contribution is -2.15. The molecule has 0 aliphatic heterocycles. The van der Waals surface area contributed by atoms with Gasteiger partial charge in [-0.2, -0.15) is 0 Å². The zero-order chi connectivity index (χ0) is 15.7. The number of anilines is 1. The molecule has 0 saturated carbocycles. The topological polar surface area (TPSA) is 46.9 Å². The highest BCUT2D eigenvalue weighted by molar-refractivity contribution is 9.13. The minimum absolute atomic E-state index is 0.157. The van der Waals surface area contributed by atoms with Crippen LogP contribution in [0.5, 0.6) is 0 Å². The molecule has 0 unspecified atom stereocenters. The van der Waals surface area contributed by atoms with Crippen molar-refractivity contribution < 1.29 is 4.79 Å². The molecule has 1 amide bonds. The number of rotatable bonds is 3. The lowest BCUT2D eigenvalue weighted by atomic mass is 10.2. The van der Waals surface area contributed by atoms with Crippen LogP contribution in [0.2, 0.25) is 0 Å². The predicted octanol–water partition coefficient (Wildman–Crippen LogP) is 4.93. The van der Waals surface area contributed by atoms with E-state index in [1.165, 1.54) is 0 Å². The smallest absolute Gasteiger partial charge is 0.272 e. The van der Waals surface area contributed by atoms with Crippen molar-refractivity contribution >= 4 is 54.8 Å². The first-order valence-electron chi connectivity index (χ1n) is 6.38. The second-order valence-electron chi connectivity index (χ2n) is 4.60. The second-order valence-corrected chi connectivity index (χ2v) is 7.10. The van der Waals surface area contributed by atoms with Crippen LogP contribution >= 0.6 is 43.2 Å². The number of benzene rings is 1. The Balaban J connectivity index is 1.78. The molecule has 3 aromatic rings. The molecule has 0 atom stereocenters. The molecule has 0 aliphatic carbocycles. The number of nitrogens with zero attached hydrogens (tertiary/aromatic N) is 2. The summed E-state index contributed by atoms with van der Waals surface area (Å²) in [5.74, 6) is -0.157. The van der Waals surface area contributed by atoms with Crippen molar-refractivity contribution in [1.29, 1.82) is 0 Å². The number of halogens is 2. The molecule has 3 rings (SSSR count). The number of hydrogen-bond acceptors (Lipinski definition) is 3. The van der Waals surface area contributed by atoms with Gasteiger partial charge >= 0.3 is 0 Å². The van der Waals surface area contributed by atoms with E-state index < -0.39 is 0 Å². The Morgan fingerprint density at radius 2 is 2.00 bits per heavy atom. The van der Waals surface area contributed by atoms with Crippen LogP contribution in [0.25, 0.3) is 10.6 Å². The highest BCUT2D eigenvalue weighted by atomic mass is 79.9. The molecular formula is C15H11Br2N3OS. The maximum atomic E-state index is 12.3. The Bertz CT molecular complexity index is 810. The van der Waals surface area contributed by atoms with E-state index in [-0.39, 0.29) is 5.91 Å². The molecule has 1 aromatic carbocycles. The van der Waals surface area contributed by atoms with Crippen LogP contribution in [0.15, 0.2) is 51.0 Å². The summed E-state index contributed by atoms with van der Waals surface area (Å²) < 4.78 is 3.46. The van der Waals surface area contributed by atoms with Gasteiger partial charge in [-0.15, -0.1) is 11.3 Å². The van der Waals surface area contributed by atoms with E-state index in [1.807, 2.05) is 36.7 Å². The van der Waals surface area contributed by atoms with E-state index in [4.69, 9.17) is 0 Å². The fourth-order valence-electron chi connectivity index (χ4n) is 2.02. The summed E-state index contributed by atoms with van der Waals surface area (Å²) in [6.45, 7) is 0. The van der Waals surface area contributed by atoms with Gasteiger partial charge in [-0.05, 0) is 62.2 Å². The monoisotopic (exact) mass is 439 g/mol. The van der Waals surface area contributed by atoms with Crippen LogP contribution in [-0.4, -0.2) is 15.5 Å². The molecule has 1 N–H and O–H groups in total. The maximum Gasteiger partial charge on any atom is 0.272 e. The van der Waals surface area contributed by atoms with Gasteiger partial charge in [0.15, 0.2) is 0 Å². The van der Waals surface area contributed by atoms with Crippen molar-refractivity contribution in [2.24, 2.45) is 7.05 Å². The van der Waals surface area contributed by atoms with E-state index in [2.05, 4.69) is 42.2 Å². The van der Waals surface area contributed by atoms with Gasteiger partial charge in [0.2, 0.25) is 0 Å². The fraction of sp³-hybridized carbons (Fsp3) is 0.0667. The van der Waals surface area contributed by atoms with Crippen molar-refractivity contribution in [2.75, 3.05) is 5.32 Å². The van der Waals surface area contributed by atoms with Gasteiger partial charge < -0.3 is 9.88 Å². The molecule has 2 heterocycles. The normalized spacial score (nSPS) is 10.7. The highest BCUT2D eigenvalue weighted by Crippen LogP contribution is 2.27. The Morgan fingerprint density at radius 3 is 2.55 bits per heavy atom. The van der Waals surface area contributed by atoms with Crippen LogP contribution < -0.4 is 5.32 Å². The molecule has 0 saturated heterocycles. The van der Waals surface area contributed by atoms with E-state index in [0.29, 0.717) is 5.69 Å². The zero-order valence-corrected chi connectivity index (χ0v) is 15.5. The number of thiazole rings is 1. The van der Waals surface area contributed by atoms with E-state index in [9.17, 15) is 4.79 Å². The Kier molecular flexibility index (Phi) is 4.46. The SMILES string of the molecule is Cn1c(C(=O)Nc2ccc(-c3nccs3)cc2)cc(Br)c1Br. The average Bonchev–Trinajstić information content (AvgIpc) is 3.13. The van der Waals surface area contributed by atoms with E-state index in [1.54, 1.807) is 28.2 Å². The summed E-state index contributed by atoms with van der Waals surface area (Å²) in [6, 6.07) is 9.43. The molecule has 0 spiro atoms. The van der Waals surface area contributed by atoms with Crippen molar-refractivity contribution in [3.63, 3.8) is 0 Å². The first-order valence-corrected chi connectivity index (χ1v) is 8.85. The number of nitrogens with one attached hydrogen (secondary N) is 1. The molecule has 7 heteroatoms. The summed E-state index contributed by atoms with van der Waals surface area (Å²) in [5, 5.41) is 5.80. The minimum atomic E-state index is -0.157. The van der Waals surface area contributed by atoms with Crippen molar-refractivity contribution in [2.45, 2.75) is 0 Å². The average molecular weight is 441 g/mol. The van der Waals surface area contributed by atoms with Gasteiger partial charge in [-0.1, -0.05) is 0 Å². The van der Waals surface area contributed by atoms with Gasteiger partial charge in [0.25, 0.3) is 5.91 Å². The summed E-state index contributed by atoms with van der Waals surface area (Å²) in [4.78, 5) is 16.6. The van der Waals surface area contributed by atoms with Crippen molar-refractivity contribution in [3.05, 3.63) is 56.7 Å². The van der Waals surface area contributed by atoms with E-state index >= 15 is 0 Å². The van der Waals surface area contributed by atoms with Gasteiger partial charge in [0, 0.05) is 29.9 Å².